The molecule has 3 aromatic rings. The summed E-state index contributed by atoms with van der Waals surface area (Å²) in [5, 5.41) is 7.54. The number of aryl methyl sites for hydroxylation is 1. The Morgan fingerprint density at radius 3 is 2.61 bits per heavy atom. The lowest BCUT2D eigenvalue weighted by Gasteiger charge is -2.23. The van der Waals surface area contributed by atoms with Gasteiger partial charge in [0.2, 0.25) is 0 Å². The van der Waals surface area contributed by atoms with Crippen molar-refractivity contribution >= 4 is 17.9 Å². The van der Waals surface area contributed by atoms with Gasteiger partial charge in [-0.3, -0.25) is 9.67 Å². The molecule has 0 bridgehead atoms. The van der Waals surface area contributed by atoms with E-state index >= 15 is 0 Å². The molecule has 0 spiro atoms. The zero-order valence-electron chi connectivity index (χ0n) is 17.5. The summed E-state index contributed by atoms with van der Waals surface area (Å²) in [6.07, 6.45) is 2.12. The number of H-pyrrole nitrogens is 1. The molecule has 1 aromatic heterocycles. The highest BCUT2D eigenvalue weighted by Gasteiger charge is 2.14. The standard InChI is InChI=1S/C23H30N4S/c1-6-13-26(5)21-15-20(12-11-17(21)7-2)27-22(24-25-23(27)28)19-10-8-9-18(14-19)16(3)4/h8-12,14-16H,6-7,13H2,1-5H3,(H,25,28). The van der Waals surface area contributed by atoms with Gasteiger partial charge >= 0.3 is 0 Å². The van der Waals surface area contributed by atoms with E-state index in [2.05, 4.69) is 92.3 Å². The molecular formula is C23H30N4S. The third-order valence-electron chi connectivity index (χ3n) is 5.16. The maximum atomic E-state index is 5.59. The number of anilines is 1. The van der Waals surface area contributed by atoms with Gasteiger partial charge in [-0.1, -0.05) is 52.0 Å². The van der Waals surface area contributed by atoms with E-state index in [0.717, 1.165) is 36.5 Å². The second-order valence-electron chi connectivity index (χ2n) is 7.56. The Morgan fingerprint density at radius 1 is 1.14 bits per heavy atom. The van der Waals surface area contributed by atoms with Crippen molar-refractivity contribution in [2.75, 3.05) is 18.5 Å². The molecule has 28 heavy (non-hydrogen) atoms. The maximum absolute atomic E-state index is 5.59. The predicted molar refractivity (Wildman–Crippen MR) is 121 cm³/mol. The third-order valence-corrected chi connectivity index (χ3v) is 5.44. The van der Waals surface area contributed by atoms with Crippen LogP contribution in [0.1, 0.15) is 51.2 Å². The highest BCUT2D eigenvalue weighted by molar-refractivity contribution is 7.71. The van der Waals surface area contributed by atoms with Crippen LogP contribution in [0.25, 0.3) is 17.1 Å². The Labute approximate surface area is 173 Å². The first-order chi connectivity index (χ1) is 13.5. The molecule has 0 saturated carbocycles. The maximum Gasteiger partial charge on any atom is 0.200 e. The Kier molecular flexibility index (Phi) is 6.35. The minimum Gasteiger partial charge on any atom is -0.374 e. The number of hydrogen-bond donors (Lipinski definition) is 1. The van der Waals surface area contributed by atoms with Gasteiger partial charge in [0.25, 0.3) is 0 Å². The van der Waals surface area contributed by atoms with Gasteiger partial charge in [0.1, 0.15) is 0 Å². The van der Waals surface area contributed by atoms with Crippen LogP contribution in [-0.2, 0) is 6.42 Å². The smallest absolute Gasteiger partial charge is 0.200 e. The van der Waals surface area contributed by atoms with Crippen LogP contribution in [0.4, 0.5) is 5.69 Å². The SMILES string of the molecule is CCCN(C)c1cc(-n2c(-c3cccc(C(C)C)c3)n[nH]c2=S)ccc1CC. The second-order valence-corrected chi connectivity index (χ2v) is 7.94. The Balaban J connectivity index is 2.13. The van der Waals surface area contributed by atoms with Gasteiger partial charge in [-0.2, -0.15) is 5.10 Å². The number of nitrogens with zero attached hydrogens (tertiary/aromatic N) is 3. The Morgan fingerprint density at radius 2 is 1.93 bits per heavy atom. The van der Waals surface area contributed by atoms with E-state index in [-0.39, 0.29) is 0 Å². The molecule has 0 aliphatic heterocycles. The van der Waals surface area contributed by atoms with Crippen LogP contribution < -0.4 is 4.90 Å². The van der Waals surface area contributed by atoms with Crippen LogP contribution in [0.15, 0.2) is 42.5 Å². The van der Waals surface area contributed by atoms with Crippen LogP contribution in [0, 0.1) is 4.77 Å². The minimum absolute atomic E-state index is 0.466. The largest absolute Gasteiger partial charge is 0.374 e. The van der Waals surface area contributed by atoms with E-state index in [1.165, 1.54) is 16.8 Å². The fourth-order valence-corrected chi connectivity index (χ4v) is 3.81. The third kappa shape index (κ3) is 4.04. The Hall–Kier alpha value is -2.40. The summed E-state index contributed by atoms with van der Waals surface area (Å²) in [5.41, 5.74) is 6.01. The van der Waals surface area contributed by atoms with E-state index in [4.69, 9.17) is 12.2 Å². The molecule has 0 radical (unpaired) electrons. The first kappa shape index (κ1) is 20.3. The number of nitrogens with one attached hydrogen (secondary N) is 1. The lowest BCUT2D eigenvalue weighted by molar-refractivity contribution is 0.843. The zero-order chi connectivity index (χ0) is 20.3. The van der Waals surface area contributed by atoms with Gasteiger partial charge in [-0.05, 0) is 60.3 Å². The molecule has 0 amide bonds. The van der Waals surface area contributed by atoms with Gasteiger partial charge in [0, 0.05) is 24.8 Å². The summed E-state index contributed by atoms with van der Waals surface area (Å²) in [5.74, 6) is 1.31. The van der Waals surface area contributed by atoms with Gasteiger partial charge in [-0.25, -0.2) is 0 Å². The molecule has 1 heterocycles. The number of aromatic nitrogens is 3. The molecule has 1 N–H and O–H groups in total. The average molecular weight is 395 g/mol. The summed E-state index contributed by atoms with van der Waals surface area (Å²) in [6, 6.07) is 15.1. The van der Waals surface area contributed by atoms with E-state index in [9.17, 15) is 0 Å². The van der Waals surface area contributed by atoms with Crippen molar-refractivity contribution in [3.05, 3.63) is 58.4 Å². The molecule has 0 atom stereocenters. The molecule has 5 heteroatoms. The molecule has 0 fully saturated rings. The first-order valence-electron chi connectivity index (χ1n) is 10.1. The number of hydrogen-bond acceptors (Lipinski definition) is 3. The monoisotopic (exact) mass is 394 g/mol. The highest BCUT2D eigenvalue weighted by Crippen LogP contribution is 2.29. The average Bonchev–Trinajstić information content (AvgIpc) is 3.09. The minimum atomic E-state index is 0.466. The van der Waals surface area contributed by atoms with Crippen molar-refractivity contribution in [1.82, 2.24) is 14.8 Å². The van der Waals surface area contributed by atoms with E-state index in [1.807, 2.05) is 4.57 Å². The molecule has 0 unspecified atom stereocenters. The fourth-order valence-electron chi connectivity index (χ4n) is 3.57. The van der Waals surface area contributed by atoms with Crippen molar-refractivity contribution in [1.29, 1.82) is 0 Å². The number of aromatic amines is 1. The summed E-state index contributed by atoms with van der Waals surface area (Å²) in [7, 11) is 2.16. The quantitative estimate of drug-likeness (QED) is 0.490. The van der Waals surface area contributed by atoms with Crippen molar-refractivity contribution in [3.8, 4) is 17.1 Å². The normalized spacial score (nSPS) is 11.2. The summed E-state index contributed by atoms with van der Waals surface area (Å²) in [4.78, 5) is 2.32. The van der Waals surface area contributed by atoms with Gasteiger partial charge in [0.05, 0.1) is 5.69 Å². The van der Waals surface area contributed by atoms with Crippen molar-refractivity contribution in [2.45, 2.75) is 46.5 Å². The molecular weight excluding hydrogens is 364 g/mol. The molecule has 0 aliphatic rings. The van der Waals surface area contributed by atoms with Crippen LogP contribution in [0.2, 0.25) is 0 Å². The molecule has 0 aliphatic carbocycles. The topological polar surface area (TPSA) is 36.9 Å². The van der Waals surface area contributed by atoms with Crippen LogP contribution in [-0.4, -0.2) is 28.4 Å². The van der Waals surface area contributed by atoms with Crippen molar-refractivity contribution in [2.24, 2.45) is 0 Å². The van der Waals surface area contributed by atoms with Gasteiger partial charge in [0.15, 0.2) is 10.6 Å². The number of rotatable bonds is 7. The highest BCUT2D eigenvalue weighted by atomic mass is 32.1. The molecule has 3 rings (SSSR count). The molecule has 2 aromatic carbocycles. The molecule has 4 nitrogen and oxygen atoms in total. The first-order valence-corrected chi connectivity index (χ1v) is 10.5. The summed E-state index contributed by atoms with van der Waals surface area (Å²) < 4.78 is 2.65. The lowest BCUT2D eigenvalue weighted by Crippen LogP contribution is -2.19. The zero-order valence-corrected chi connectivity index (χ0v) is 18.3. The second kappa shape index (κ2) is 8.74. The van der Waals surface area contributed by atoms with Crippen molar-refractivity contribution < 1.29 is 0 Å². The van der Waals surface area contributed by atoms with Crippen LogP contribution >= 0.6 is 12.2 Å². The fraction of sp³-hybridized carbons (Fsp3) is 0.391. The van der Waals surface area contributed by atoms with Crippen molar-refractivity contribution in [3.63, 3.8) is 0 Å². The Bertz CT molecular complexity index is 1000. The summed E-state index contributed by atoms with van der Waals surface area (Å²) >= 11 is 5.59. The summed E-state index contributed by atoms with van der Waals surface area (Å²) in [6.45, 7) is 9.84. The van der Waals surface area contributed by atoms with Crippen LogP contribution in [0.5, 0.6) is 0 Å². The molecule has 0 saturated heterocycles. The predicted octanol–water partition coefficient (Wildman–Crippen LogP) is 6.13. The lowest BCUT2D eigenvalue weighted by atomic mass is 10.0. The van der Waals surface area contributed by atoms with Gasteiger partial charge < -0.3 is 4.90 Å². The van der Waals surface area contributed by atoms with Gasteiger partial charge in [-0.15, -0.1) is 0 Å². The number of benzene rings is 2. The van der Waals surface area contributed by atoms with E-state index < -0.39 is 0 Å². The molecule has 148 valence electrons. The van der Waals surface area contributed by atoms with E-state index in [0.29, 0.717) is 10.7 Å². The van der Waals surface area contributed by atoms with E-state index in [1.54, 1.807) is 0 Å². The van der Waals surface area contributed by atoms with Crippen LogP contribution in [0.3, 0.4) is 0 Å².